The summed E-state index contributed by atoms with van der Waals surface area (Å²) >= 11 is 5.96. The average Bonchev–Trinajstić information content (AvgIpc) is 2.66. The highest BCUT2D eigenvalue weighted by Gasteiger charge is 2.18. The van der Waals surface area contributed by atoms with Crippen LogP contribution >= 0.6 is 11.6 Å². The van der Waals surface area contributed by atoms with Gasteiger partial charge in [0.2, 0.25) is 0 Å². The molecule has 0 aliphatic carbocycles. The summed E-state index contributed by atoms with van der Waals surface area (Å²) in [6, 6.07) is 15.4. The van der Waals surface area contributed by atoms with Crippen LogP contribution in [0.15, 0.2) is 59.7 Å². The van der Waals surface area contributed by atoms with E-state index in [-0.39, 0.29) is 5.56 Å². The van der Waals surface area contributed by atoms with E-state index in [1.807, 2.05) is 36.4 Å². The predicted octanol–water partition coefficient (Wildman–Crippen LogP) is 2.83. The number of benzene rings is 2. The number of aromatic nitrogens is 2. The Morgan fingerprint density at radius 3 is 2.44 bits per heavy atom. The average molecular weight is 355 g/mol. The van der Waals surface area contributed by atoms with E-state index in [0.717, 1.165) is 36.7 Å². The smallest absolute Gasteiger partial charge is 0.262 e. The van der Waals surface area contributed by atoms with Gasteiger partial charge in [-0.05, 0) is 36.4 Å². The fourth-order valence-corrected chi connectivity index (χ4v) is 3.35. The molecule has 1 aliphatic heterocycles. The summed E-state index contributed by atoms with van der Waals surface area (Å²) in [6.07, 6.45) is 1.65. The SMILES string of the molecule is O=c1c2ccccc2ncn1CN1CCN(c2ccc(Cl)cc2)CC1. The fourth-order valence-electron chi connectivity index (χ4n) is 3.22. The van der Waals surface area contributed by atoms with Crippen molar-refractivity contribution in [1.82, 2.24) is 14.5 Å². The van der Waals surface area contributed by atoms with Gasteiger partial charge in [-0.1, -0.05) is 23.7 Å². The summed E-state index contributed by atoms with van der Waals surface area (Å²) in [7, 11) is 0. The quantitative estimate of drug-likeness (QED) is 0.725. The minimum atomic E-state index is 0.0192. The molecule has 1 fully saturated rings. The zero-order valence-corrected chi connectivity index (χ0v) is 14.6. The van der Waals surface area contributed by atoms with Crippen LogP contribution in [0.25, 0.3) is 10.9 Å². The molecule has 0 bridgehead atoms. The zero-order chi connectivity index (χ0) is 17.2. The van der Waals surface area contributed by atoms with Crippen molar-refractivity contribution in [2.45, 2.75) is 6.67 Å². The molecule has 0 spiro atoms. The standard InChI is InChI=1S/C19H19ClN4O/c20-15-5-7-16(8-6-15)23-11-9-22(10-12-23)14-24-13-21-18-4-2-1-3-17(18)19(24)25/h1-8,13H,9-12,14H2. The number of piperazine rings is 1. The predicted molar refractivity (Wildman–Crippen MR) is 101 cm³/mol. The lowest BCUT2D eigenvalue weighted by atomic mass is 10.2. The number of hydrogen-bond acceptors (Lipinski definition) is 4. The molecule has 25 heavy (non-hydrogen) atoms. The van der Waals surface area contributed by atoms with Crippen LogP contribution in [0.2, 0.25) is 5.02 Å². The number of rotatable bonds is 3. The molecule has 0 atom stereocenters. The van der Waals surface area contributed by atoms with Crippen molar-refractivity contribution in [1.29, 1.82) is 0 Å². The van der Waals surface area contributed by atoms with Gasteiger partial charge >= 0.3 is 0 Å². The Balaban J connectivity index is 1.44. The number of nitrogens with zero attached hydrogens (tertiary/aromatic N) is 4. The number of hydrogen-bond donors (Lipinski definition) is 0. The normalized spacial score (nSPS) is 15.6. The van der Waals surface area contributed by atoms with Crippen molar-refractivity contribution in [3.8, 4) is 0 Å². The van der Waals surface area contributed by atoms with Gasteiger partial charge in [0.05, 0.1) is 23.9 Å². The highest BCUT2D eigenvalue weighted by atomic mass is 35.5. The molecule has 0 amide bonds. The molecule has 0 unspecified atom stereocenters. The third-order valence-corrected chi connectivity index (χ3v) is 4.90. The minimum Gasteiger partial charge on any atom is -0.369 e. The lowest BCUT2D eigenvalue weighted by Gasteiger charge is -2.36. The van der Waals surface area contributed by atoms with Gasteiger partial charge in [0.1, 0.15) is 0 Å². The Bertz CT molecular complexity index is 930. The molecule has 2 aromatic carbocycles. The molecule has 1 saturated heterocycles. The molecular formula is C19H19ClN4O. The van der Waals surface area contributed by atoms with E-state index in [1.165, 1.54) is 5.69 Å². The molecule has 1 aliphatic rings. The van der Waals surface area contributed by atoms with E-state index < -0.39 is 0 Å². The summed E-state index contributed by atoms with van der Waals surface area (Å²) in [4.78, 5) is 21.6. The molecule has 3 aromatic rings. The van der Waals surface area contributed by atoms with Gasteiger partial charge in [0.15, 0.2) is 0 Å². The van der Waals surface area contributed by atoms with Crippen molar-refractivity contribution >= 4 is 28.2 Å². The van der Waals surface area contributed by atoms with Crippen molar-refractivity contribution in [2.24, 2.45) is 0 Å². The number of anilines is 1. The summed E-state index contributed by atoms with van der Waals surface area (Å²) in [5, 5.41) is 1.43. The van der Waals surface area contributed by atoms with E-state index in [9.17, 15) is 4.79 Å². The highest BCUT2D eigenvalue weighted by Crippen LogP contribution is 2.19. The van der Waals surface area contributed by atoms with Crippen LogP contribution in [0.5, 0.6) is 0 Å². The van der Waals surface area contributed by atoms with Crippen LogP contribution in [0.4, 0.5) is 5.69 Å². The molecule has 5 nitrogen and oxygen atoms in total. The van der Waals surface area contributed by atoms with Crippen LogP contribution in [0, 0.1) is 0 Å². The van der Waals surface area contributed by atoms with E-state index in [1.54, 1.807) is 10.9 Å². The van der Waals surface area contributed by atoms with Gasteiger partial charge in [-0.15, -0.1) is 0 Å². The lowest BCUT2D eigenvalue weighted by Crippen LogP contribution is -2.47. The molecule has 1 aromatic heterocycles. The molecule has 6 heteroatoms. The largest absolute Gasteiger partial charge is 0.369 e. The molecular weight excluding hydrogens is 336 g/mol. The first-order valence-electron chi connectivity index (χ1n) is 8.38. The van der Waals surface area contributed by atoms with Crippen molar-refractivity contribution in [2.75, 3.05) is 31.1 Å². The summed E-state index contributed by atoms with van der Waals surface area (Å²) < 4.78 is 1.69. The first-order chi connectivity index (χ1) is 12.2. The first-order valence-corrected chi connectivity index (χ1v) is 8.75. The second-order valence-electron chi connectivity index (χ2n) is 6.26. The van der Waals surface area contributed by atoms with Gasteiger partial charge in [-0.25, -0.2) is 4.98 Å². The third kappa shape index (κ3) is 3.38. The van der Waals surface area contributed by atoms with Gasteiger partial charge in [0, 0.05) is 36.9 Å². The van der Waals surface area contributed by atoms with Crippen molar-refractivity contribution < 1.29 is 0 Å². The molecule has 128 valence electrons. The maximum Gasteiger partial charge on any atom is 0.262 e. The summed E-state index contributed by atoms with van der Waals surface area (Å²) in [5.74, 6) is 0. The Kier molecular flexibility index (Phi) is 4.42. The topological polar surface area (TPSA) is 41.4 Å². The van der Waals surface area contributed by atoms with Crippen LogP contribution in [0.3, 0.4) is 0 Å². The van der Waals surface area contributed by atoms with Gasteiger partial charge in [-0.2, -0.15) is 0 Å². The van der Waals surface area contributed by atoms with E-state index in [4.69, 9.17) is 11.6 Å². The maximum absolute atomic E-state index is 12.6. The van der Waals surface area contributed by atoms with Crippen LogP contribution < -0.4 is 10.5 Å². The molecule has 2 heterocycles. The maximum atomic E-state index is 12.6. The molecule has 0 saturated carbocycles. The van der Waals surface area contributed by atoms with Crippen LogP contribution in [0.1, 0.15) is 0 Å². The molecule has 0 radical (unpaired) electrons. The van der Waals surface area contributed by atoms with Crippen LogP contribution in [-0.4, -0.2) is 40.6 Å². The van der Waals surface area contributed by atoms with Gasteiger partial charge in [0.25, 0.3) is 5.56 Å². The van der Waals surface area contributed by atoms with Crippen molar-refractivity contribution in [3.05, 3.63) is 70.2 Å². The Morgan fingerprint density at radius 2 is 1.68 bits per heavy atom. The fraction of sp³-hybridized carbons (Fsp3) is 0.263. The first kappa shape index (κ1) is 16.1. The second kappa shape index (κ2) is 6.86. The minimum absolute atomic E-state index is 0.0192. The lowest BCUT2D eigenvalue weighted by molar-refractivity contribution is 0.203. The Morgan fingerprint density at radius 1 is 0.960 bits per heavy atom. The zero-order valence-electron chi connectivity index (χ0n) is 13.8. The van der Waals surface area contributed by atoms with Gasteiger partial charge < -0.3 is 4.90 Å². The van der Waals surface area contributed by atoms with E-state index >= 15 is 0 Å². The number of fused-ring (bicyclic) bond motifs is 1. The summed E-state index contributed by atoms with van der Waals surface area (Å²) in [6.45, 7) is 4.24. The summed E-state index contributed by atoms with van der Waals surface area (Å²) in [5.41, 5.74) is 1.95. The Hall–Kier alpha value is -2.37. The number of halogens is 1. The van der Waals surface area contributed by atoms with E-state index in [0.29, 0.717) is 12.1 Å². The van der Waals surface area contributed by atoms with E-state index in [2.05, 4.69) is 26.9 Å². The monoisotopic (exact) mass is 354 g/mol. The Labute approximate surface area is 151 Å². The molecule has 0 N–H and O–H groups in total. The molecule has 4 rings (SSSR count). The third-order valence-electron chi connectivity index (χ3n) is 4.65. The van der Waals surface area contributed by atoms with Crippen LogP contribution in [-0.2, 0) is 6.67 Å². The van der Waals surface area contributed by atoms with Crippen molar-refractivity contribution in [3.63, 3.8) is 0 Å². The highest BCUT2D eigenvalue weighted by molar-refractivity contribution is 6.30. The number of para-hydroxylation sites is 1. The second-order valence-corrected chi connectivity index (χ2v) is 6.70. The van der Waals surface area contributed by atoms with Gasteiger partial charge in [-0.3, -0.25) is 14.3 Å².